The van der Waals surface area contributed by atoms with Crippen molar-refractivity contribution in [2.75, 3.05) is 0 Å². The van der Waals surface area contributed by atoms with Gasteiger partial charge in [0.25, 0.3) is 0 Å². The Hall–Kier alpha value is -4.27. The largest absolute Gasteiger partial charge is 0.431 e. The molecule has 0 bridgehead atoms. The highest BCUT2D eigenvalue weighted by Crippen LogP contribution is 2.36. The number of pyridine rings is 2. The van der Waals surface area contributed by atoms with Crippen LogP contribution in [0.25, 0.3) is 0 Å². The predicted octanol–water partition coefficient (Wildman–Crippen LogP) is 6.59. The Kier molecular flexibility index (Phi) is 8.12. The smallest absolute Gasteiger partial charge is 0.387 e. The number of halogens is 4. The van der Waals surface area contributed by atoms with Gasteiger partial charge in [-0.2, -0.15) is 17.6 Å². The zero-order valence-electron chi connectivity index (χ0n) is 19.7. The van der Waals surface area contributed by atoms with Gasteiger partial charge in [0.2, 0.25) is 0 Å². The number of hydrogen-bond donors (Lipinski definition) is 0. The van der Waals surface area contributed by atoms with E-state index in [4.69, 9.17) is 0 Å². The number of nitrogens with zero attached hydrogens (tertiary/aromatic N) is 2. The Labute approximate surface area is 210 Å². The zero-order chi connectivity index (χ0) is 26.4. The molecule has 2 heterocycles. The lowest BCUT2D eigenvalue weighted by Gasteiger charge is -2.20. The molecular formula is C28H22F4N2O3. The van der Waals surface area contributed by atoms with Crippen molar-refractivity contribution in [2.45, 2.75) is 32.5 Å². The second-order valence-electron chi connectivity index (χ2n) is 8.19. The molecule has 0 aliphatic rings. The number of carbonyl (C=O) groups is 1. The van der Waals surface area contributed by atoms with Crippen molar-refractivity contribution in [3.05, 3.63) is 119 Å². The van der Waals surface area contributed by atoms with Crippen LogP contribution in [0.4, 0.5) is 17.6 Å². The van der Waals surface area contributed by atoms with Crippen LogP contribution in [0.1, 0.15) is 44.2 Å². The third-order valence-electron chi connectivity index (χ3n) is 5.79. The Bertz CT molecular complexity index is 1350. The Morgan fingerprint density at radius 3 is 2.22 bits per heavy atom. The van der Waals surface area contributed by atoms with Crippen LogP contribution in [0.15, 0.2) is 85.3 Å². The standard InChI is InChI=1S/C28H22F4N2O3/c1-17-4-2-3-5-21(17)26(35)20-6-8-23(34-16-20)22(14-18-10-12-33-13-11-18)19-7-9-24(36-27(29)30)25(15-19)37-28(31)32/h2-13,15-16,22,27-28H,14H2,1H3. The summed E-state index contributed by atoms with van der Waals surface area (Å²) in [4.78, 5) is 21.5. The van der Waals surface area contributed by atoms with Crippen LogP contribution in [-0.4, -0.2) is 29.0 Å². The number of ether oxygens (including phenoxy) is 2. The van der Waals surface area contributed by atoms with E-state index in [2.05, 4.69) is 19.4 Å². The number of aryl methyl sites for hydroxylation is 1. The predicted molar refractivity (Wildman–Crippen MR) is 128 cm³/mol. The Morgan fingerprint density at radius 1 is 0.865 bits per heavy atom. The average Bonchev–Trinajstić information content (AvgIpc) is 2.88. The molecule has 37 heavy (non-hydrogen) atoms. The number of ketones is 1. The first-order valence-electron chi connectivity index (χ1n) is 11.3. The first kappa shape index (κ1) is 25.8. The van der Waals surface area contributed by atoms with Gasteiger partial charge in [-0.1, -0.05) is 30.3 Å². The fourth-order valence-electron chi connectivity index (χ4n) is 4.00. The molecule has 5 nitrogen and oxygen atoms in total. The minimum atomic E-state index is -3.24. The molecule has 9 heteroatoms. The molecule has 0 spiro atoms. The molecule has 1 atom stereocenters. The first-order valence-corrected chi connectivity index (χ1v) is 11.3. The zero-order valence-corrected chi connectivity index (χ0v) is 19.7. The Balaban J connectivity index is 1.72. The van der Waals surface area contributed by atoms with Gasteiger partial charge in [-0.15, -0.1) is 0 Å². The van der Waals surface area contributed by atoms with Crippen molar-refractivity contribution in [3.63, 3.8) is 0 Å². The fourth-order valence-corrected chi connectivity index (χ4v) is 4.00. The molecule has 0 saturated heterocycles. The van der Waals surface area contributed by atoms with Crippen LogP contribution < -0.4 is 9.47 Å². The second-order valence-corrected chi connectivity index (χ2v) is 8.19. The maximum atomic E-state index is 13.0. The monoisotopic (exact) mass is 510 g/mol. The summed E-state index contributed by atoms with van der Waals surface area (Å²) in [5, 5.41) is 0. The quantitative estimate of drug-likeness (QED) is 0.178. The van der Waals surface area contributed by atoms with Gasteiger partial charge >= 0.3 is 13.2 Å². The van der Waals surface area contributed by atoms with E-state index in [1.807, 2.05) is 19.1 Å². The van der Waals surface area contributed by atoms with E-state index in [1.165, 1.54) is 18.3 Å². The lowest BCUT2D eigenvalue weighted by molar-refractivity contribution is -0.0692. The number of hydrogen-bond acceptors (Lipinski definition) is 5. The van der Waals surface area contributed by atoms with E-state index in [0.29, 0.717) is 28.8 Å². The fraction of sp³-hybridized carbons (Fsp3) is 0.179. The molecule has 2 aromatic carbocycles. The molecule has 0 aliphatic carbocycles. The topological polar surface area (TPSA) is 61.3 Å². The third kappa shape index (κ3) is 6.49. The minimum absolute atomic E-state index is 0.177. The molecule has 0 N–H and O–H groups in total. The summed E-state index contributed by atoms with van der Waals surface area (Å²) in [6.07, 6.45) is 5.10. The van der Waals surface area contributed by atoms with Gasteiger partial charge < -0.3 is 9.47 Å². The van der Waals surface area contributed by atoms with Crippen molar-refractivity contribution >= 4 is 5.78 Å². The summed E-state index contributed by atoms with van der Waals surface area (Å²) in [5.74, 6) is -1.68. The molecule has 0 amide bonds. The average molecular weight is 510 g/mol. The molecule has 190 valence electrons. The van der Waals surface area contributed by atoms with Crippen LogP contribution in [0.2, 0.25) is 0 Å². The van der Waals surface area contributed by atoms with Gasteiger partial charge in [-0.25, -0.2) is 0 Å². The molecule has 4 rings (SSSR count). The van der Waals surface area contributed by atoms with Crippen molar-refractivity contribution < 1.29 is 31.8 Å². The van der Waals surface area contributed by atoms with E-state index < -0.39 is 30.6 Å². The molecule has 2 aromatic heterocycles. The highest BCUT2D eigenvalue weighted by Gasteiger charge is 2.22. The van der Waals surface area contributed by atoms with E-state index in [0.717, 1.165) is 17.2 Å². The molecule has 0 saturated carbocycles. The lowest BCUT2D eigenvalue weighted by Crippen LogP contribution is -2.11. The van der Waals surface area contributed by atoms with Gasteiger partial charge in [0.05, 0.1) is 0 Å². The normalized spacial score (nSPS) is 12.0. The summed E-state index contributed by atoms with van der Waals surface area (Å²) in [6, 6.07) is 18.1. The van der Waals surface area contributed by atoms with Crippen LogP contribution in [0.3, 0.4) is 0 Å². The maximum absolute atomic E-state index is 13.0. The lowest BCUT2D eigenvalue weighted by atomic mass is 9.88. The van der Waals surface area contributed by atoms with Crippen LogP contribution in [0.5, 0.6) is 11.5 Å². The van der Waals surface area contributed by atoms with E-state index >= 15 is 0 Å². The Morgan fingerprint density at radius 2 is 1.57 bits per heavy atom. The molecule has 4 aromatic rings. The van der Waals surface area contributed by atoms with E-state index in [9.17, 15) is 22.4 Å². The number of alkyl halides is 4. The van der Waals surface area contributed by atoms with E-state index in [1.54, 1.807) is 48.8 Å². The van der Waals surface area contributed by atoms with Gasteiger partial charge in [-0.05, 0) is 66.4 Å². The highest BCUT2D eigenvalue weighted by molar-refractivity contribution is 6.09. The van der Waals surface area contributed by atoms with Gasteiger partial charge in [0.1, 0.15) is 0 Å². The van der Waals surface area contributed by atoms with Crippen molar-refractivity contribution in [3.8, 4) is 11.5 Å². The summed E-state index contributed by atoms with van der Waals surface area (Å²) in [6.45, 7) is -4.60. The molecular weight excluding hydrogens is 488 g/mol. The second kappa shape index (κ2) is 11.6. The van der Waals surface area contributed by atoms with Gasteiger partial charge in [0, 0.05) is 41.3 Å². The van der Waals surface area contributed by atoms with Crippen LogP contribution >= 0.6 is 0 Å². The summed E-state index contributed by atoms with van der Waals surface area (Å²) >= 11 is 0. The summed E-state index contributed by atoms with van der Waals surface area (Å²) < 4.78 is 60.4. The van der Waals surface area contributed by atoms with Crippen LogP contribution in [0, 0.1) is 6.92 Å². The molecule has 1 unspecified atom stereocenters. The number of carbonyl (C=O) groups excluding carboxylic acids is 1. The molecule has 0 radical (unpaired) electrons. The minimum Gasteiger partial charge on any atom is -0.431 e. The molecule has 0 fully saturated rings. The van der Waals surface area contributed by atoms with E-state index in [-0.39, 0.29) is 5.78 Å². The van der Waals surface area contributed by atoms with Gasteiger partial charge in [0.15, 0.2) is 17.3 Å². The van der Waals surface area contributed by atoms with Crippen LogP contribution in [-0.2, 0) is 6.42 Å². The SMILES string of the molecule is Cc1ccccc1C(=O)c1ccc(C(Cc2ccncc2)c2ccc(OC(F)F)c(OC(F)F)c2)nc1. The summed E-state index contributed by atoms with van der Waals surface area (Å²) in [7, 11) is 0. The number of aromatic nitrogens is 2. The van der Waals surface area contributed by atoms with Crippen molar-refractivity contribution in [1.29, 1.82) is 0 Å². The first-order chi connectivity index (χ1) is 17.8. The maximum Gasteiger partial charge on any atom is 0.387 e. The number of rotatable bonds is 10. The summed E-state index contributed by atoms with van der Waals surface area (Å²) in [5.41, 5.74) is 3.70. The van der Waals surface area contributed by atoms with Gasteiger partial charge in [-0.3, -0.25) is 14.8 Å². The molecule has 0 aliphatic heterocycles. The van der Waals surface area contributed by atoms with Crippen molar-refractivity contribution in [1.82, 2.24) is 9.97 Å². The van der Waals surface area contributed by atoms with Crippen molar-refractivity contribution in [2.24, 2.45) is 0 Å². The third-order valence-corrected chi connectivity index (χ3v) is 5.79. The highest BCUT2D eigenvalue weighted by atomic mass is 19.3. The number of benzene rings is 2.